The lowest BCUT2D eigenvalue weighted by Crippen LogP contribution is -2.52. The van der Waals surface area contributed by atoms with Gasteiger partial charge in [-0.05, 0) is 37.1 Å². The first-order chi connectivity index (χ1) is 11.7. The lowest BCUT2D eigenvalue weighted by molar-refractivity contribution is -0.121. The summed E-state index contributed by atoms with van der Waals surface area (Å²) in [4.78, 5) is 24.9. The van der Waals surface area contributed by atoms with Gasteiger partial charge < -0.3 is 5.32 Å². The highest BCUT2D eigenvalue weighted by Gasteiger charge is 2.29. The second-order valence-corrected chi connectivity index (χ2v) is 7.99. The molecule has 2 N–H and O–H groups in total. The van der Waals surface area contributed by atoms with Crippen molar-refractivity contribution in [2.45, 2.75) is 18.7 Å². The molecule has 138 valence electrons. The third-order valence-electron chi connectivity index (χ3n) is 4.29. The van der Waals surface area contributed by atoms with Crippen LogP contribution in [-0.4, -0.2) is 69.3 Å². The zero-order chi connectivity index (χ0) is 18.6. The summed E-state index contributed by atoms with van der Waals surface area (Å²) in [6, 6.07) is 4.57. The number of hydrogen-bond acceptors (Lipinski definition) is 5. The number of piperazine rings is 1. The molecule has 1 aromatic carbocycles. The minimum Gasteiger partial charge on any atom is -0.341 e. The van der Waals surface area contributed by atoms with Crippen molar-refractivity contribution in [3.63, 3.8) is 0 Å². The summed E-state index contributed by atoms with van der Waals surface area (Å²) < 4.78 is 26.9. The topological polar surface area (TPSA) is 98.8 Å². The third kappa shape index (κ3) is 4.77. The van der Waals surface area contributed by atoms with Crippen LogP contribution < -0.4 is 10.6 Å². The van der Waals surface area contributed by atoms with Crippen LogP contribution in [0.1, 0.15) is 11.1 Å². The van der Waals surface area contributed by atoms with Gasteiger partial charge in [-0.25, -0.2) is 13.2 Å². The van der Waals surface area contributed by atoms with Crippen LogP contribution in [0.5, 0.6) is 0 Å². The van der Waals surface area contributed by atoms with E-state index >= 15 is 0 Å². The second kappa shape index (κ2) is 7.94. The fraction of sp³-hybridized carbons (Fsp3) is 0.500. The second-order valence-electron chi connectivity index (χ2n) is 6.05. The number of rotatable bonds is 4. The largest absolute Gasteiger partial charge is 0.341 e. The van der Waals surface area contributed by atoms with Crippen molar-refractivity contribution in [3.8, 4) is 0 Å². The van der Waals surface area contributed by atoms with Gasteiger partial charge in [0.15, 0.2) is 0 Å². The Hall–Kier alpha value is -1.97. The van der Waals surface area contributed by atoms with Gasteiger partial charge in [0, 0.05) is 33.2 Å². The summed E-state index contributed by atoms with van der Waals surface area (Å²) in [6.07, 6.45) is 0. The lowest BCUT2D eigenvalue weighted by Gasteiger charge is -2.33. The maximum Gasteiger partial charge on any atom is 0.321 e. The maximum absolute atomic E-state index is 12.7. The fourth-order valence-corrected chi connectivity index (χ4v) is 4.09. The lowest BCUT2D eigenvalue weighted by atomic mass is 10.1. The number of carbonyl (C=O) groups excluding carboxylic acids is 2. The van der Waals surface area contributed by atoms with Crippen LogP contribution >= 0.6 is 0 Å². The predicted molar refractivity (Wildman–Crippen MR) is 93.7 cm³/mol. The van der Waals surface area contributed by atoms with Crippen LogP contribution in [0.2, 0.25) is 0 Å². The summed E-state index contributed by atoms with van der Waals surface area (Å²) in [5.41, 5.74) is 1.98. The Kier molecular flexibility index (Phi) is 6.15. The van der Waals surface area contributed by atoms with Gasteiger partial charge in [0.1, 0.15) is 0 Å². The number of nitrogens with zero attached hydrogens (tertiary/aromatic N) is 2. The fourth-order valence-electron chi connectivity index (χ4n) is 2.58. The van der Waals surface area contributed by atoms with E-state index in [1.807, 2.05) is 24.8 Å². The number of sulfonamides is 1. The van der Waals surface area contributed by atoms with Gasteiger partial charge in [-0.15, -0.1) is 0 Å². The van der Waals surface area contributed by atoms with Gasteiger partial charge in [0.25, 0.3) is 0 Å². The Morgan fingerprint density at radius 1 is 1.08 bits per heavy atom. The molecule has 0 aliphatic carbocycles. The molecule has 1 saturated heterocycles. The molecule has 0 unspecified atom stereocenters. The van der Waals surface area contributed by atoms with Crippen molar-refractivity contribution >= 4 is 22.0 Å². The van der Waals surface area contributed by atoms with E-state index in [2.05, 4.69) is 10.6 Å². The van der Waals surface area contributed by atoms with Crippen molar-refractivity contribution in [2.24, 2.45) is 0 Å². The number of carbonyl (C=O) groups is 2. The zero-order valence-electron chi connectivity index (χ0n) is 14.7. The molecule has 0 bridgehead atoms. The normalized spacial score (nSPS) is 16.4. The highest BCUT2D eigenvalue weighted by Crippen LogP contribution is 2.20. The molecule has 0 spiro atoms. The number of aryl methyl sites for hydroxylation is 2. The number of hydrogen-bond donors (Lipinski definition) is 2. The average molecular weight is 368 g/mol. The Bertz CT molecular complexity index is 755. The molecule has 8 nitrogen and oxygen atoms in total. The minimum absolute atomic E-state index is 0.0605. The number of urea groups is 1. The van der Waals surface area contributed by atoms with Gasteiger partial charge >= 0.3 is 6.03 Å². The number of imide groups is 1. The minimum atomic E-state index is -3.53. The molecule has 0 radical (unpaired) electrons. The molecule has 2 rings (SSSR count). The molecule has 9 heteroatoms. The Labute approximate surface area is 148 Å². The zero-order valence-corrected chi connectivity index (χ0v) is 15.5. The first kappa shape index (κ1) is 19.4. The smallest absolute Gasteiger partial charge is 0.321 e. The van der Waals surface area contributed by atoms with E-state index in [9.17, 15) is 18.0 Å². The molecule has 1 aromatic rings. The Balaban J connectivity index is 1.95. The van der Waals surface area contributed by atoms with Crippen molar-refractivity contribution in [1.29, 1.82) is 0 Å². The van der Waals surface area contributed by atoms with Gasteiger partial charge in [-0.1, -0.05) is 6.07 Å². The molecule has 3 amide bonds. The van der Waals surface area contributed by atoms with Crippen molar-refractivity contribution in [3.05, 3.63) is 29.3 Å². The molecule has 0 atom stereocenters. The van der Waals surface area contributed by atoms with Crippen LogP contribution in [0.25, 0.3) is 0 Å². The van der Waals surface area contributed by atoms with E-state index in [-0.39, 0.29) is 6.54 Å². The summed E-state index contributed by atoms with van der Waals surface area (Å²) >= 11 is 0. The summed E-state index contributed by atoms with van der Waals surface area (Å²) in [5.74, 6) is -0.412. The van der Waals surface area contributed by atoms with E-state index in [1.54, 1.807) is 12.1 Å². The Morgan fingerprint density at radius 2 is 1.72 bits per heavy atom. The van der Waals surface area contributed by atoms with Crippen molar-refractivity contribution in [2.75, 3.05) is 39.8 Å². The van der Waals surface area contributed by atoms with Crippen LogP contribution in [0.4, 0.5) is 4.79 Å². The van der Waals surface area contributed by atoms with Crippen LogP contribution in [0.15, 0.2) is 23.1 Å². The molecule has 0 saturated carbocycles. The third-order valence-corrected chi connectivity index (χ3v) is 6.19. The monoisotopic (exact) mass is 368 g/mol. The highest BCUT2D eigenvalue weighted by atomic mass is 32.2. The summed E-state index contributed by atoms with van der Waals surface area (Å²) in [5, 5.41) is 4.50. The van der Waals surface area contributed by atoms with E-state index in [0.29, 0.717) is 31.1 Å². The molecule has 0 aromatic heterocycles. The van der Waals surface area contributed by atoms with Crippen LogP contribution in [-0.2, 0) is 14.8 Å². The van der Waals surface area contributed by atoms with E-state index < -0.39 is 22.0 Å². The SMILES string of the molecule is CNC(=O)NC(=O)CN1CCN(S(=O)(=O)c2ccc(C)c(C)c2)CC1. The van der Waals surface area contributed by atoms with Crippen LogP contribution in [0.3, 0.4) is 0 Å². The number of benzene rings is 1. The van der Waals surface area contributed by atoms with E-state index in [4.69, 9.17) is 0 Å². The van der Waals surface area contributed by atoms with Crippen molar-refractivity contribution in [1.82, 2.24) is 19.8 Å². The highest BCUT2D eigenvalue weighted by molar-refractivity contribution is 7.89. The van der Waals surface area contributed by atoms with E-state index in [0.717, 1.165) is 11.1 Å². The Morgan fingerprint density at radius 3 is 2.28 bits per heavy atom. The molecule has 1 aliphatic heterocycles. The predicted octanol–water partition coefficient (Wildman–Crippen LogP) is 0.0653. The first-order valence-electron chi connectivity index (χ1n) is 8.05. The maximum atomic E-state index is 12.7. The number of amides is 3. The molecule has 25 heavy (non-hydrogen) atoms. The van der Waals surface area contributed by atoms with Gasteiger partial charge in [0.2, 0.25) is 15.9 Å². The molecular formula is C16H24N4O4S. The summed E-state index contributed by atoms with van der Waals surface area (Å²) in [7, 11) is -2.10. The molecule has 1 fully saturated rings. The quantitative estimate of drug-likeness (QED) is 0.783. The average Bonchev–Trinajstić information content (AvgIpc) is 2.57. The molecule has 1 heterocycles. The van der Waals surface area contributed by atoms with Gasteiger partial charge in [0.05, 0.1) is 11.4 Å². The van der Waals surface area contributed by atoms with Gasteiger partial charge in [-0.3, -0.25) is 15.0 Å². The first-order valence-corrected chi connectivity index (χ1v) is 9.49. The molecular weight excluding hydrogens is 344 g/mol. The standard InChI is InChI=1S/C16H24N4O4S/c1-12-4-5-14(10-13(12)2)25(23,24)20-8-6-19(7-9-20)11-15(21)18-16(22)17-3/h4-5,10H,6-9,11H2,1-3H3,(H2,17,18,21,22). The van der Waals surface area contributed by atoms with Crippen LogP contribution in [0, 0.1) is 13.8 Å². The summed E-state index contributed by atoms with van der Waals surface area (Å²) in [6.45, 7) is 5.37. The van der Waals surface area contributed by atoms with E-state index in [1.165, 1.54) is 11.4 Å². The molecule has 1 aliphatic rings. The van der Waals surface area contributed by atoms with Crippen molar-refractivity contribution < 1.29 is 18.0 Å². The number of nitrogens with one attached hydrogen (secondary N) is 2. The van der Waals surface area contributed by atoms with Gasteiger partial charge in [-0.2, -0.15) is 4.31 Å².